The number of ether oxygens (including phenoxy) is 1. The lowest BCUT2D eigenvalue weighted by molar-refractivity contribution is -0.119. The minimum atomic E-state index is -0.565. The molecular weight excluding hydrogens is 369 g/mol. The summed E-state index contributed by atoms with van der Waals surface area (Å²) in [6.45, 7) is 1.54. The monoisotopic (exact) mass is 385 g/mol. The first-order chi connectivity index (χ1) is 12.9. The Hall–Kier alpha value is -3.26. The van der Waals surface area contributed by atoms with E-state index in [1.54, 1.807) is 43.3 Å². The molecule has 2 amide bonds. The van der Waals surface area contributed by atoms with Gasteiger partial charge in [0.25, 0.3) is 11.8 Å². The summed E-state index contributed by atoms with van der Waals surface area (Å²) in [5.74, 6) is -0.707. The molecule has 0 atom stereocenters. The van der Waals surface area contributed by atoms with Crippen molar-refractivity contribution in [2.24, 2.45) is 5.73 Å². The summed E-state index contributed by atoms with van der Waals surface area (Å²) >= 11 is 1.24. The van der Waals surface area contributed by atoms with Crippen LogP contribution < -0.4 is 15.8 Å². The molecule has 0 unspecified atom stereocenters. The minimum Gasteiger partial charge on any atom is -0.484 e. The number of carbonyl (C=O) groups excluding carboxylic acids is 2. The van der Waals surface area contributed by atoms with Crippen molar-refractivity contribution < 1.29 is 18.7 Å². The number of amides is 2. The van der Waals surface area contributed by atoms with Crippen LogP contribution in [-0.4, -0.2) is 23.4 Å². The number of hydrogen-bond acceptors (Lipinski definition) is 5. The van der Waals surface area contributed by atoms with Gasteiger partial charge in [-0.05, 0) is 55.5 Å². The molecule has 6 nitrogen and oxygen atoms in total. The molecule has 0 aliphatic rings. The molecule has 0 aliphatic carbocycles. The Morgan fingerprint density at radius 1 is 1.15 bits per heavy atom. The van der Waals surface area contributed by atoms with Crippen LogP contribution in [0.5, 0.6) is 5.75 Å². The fourth-order valence-electron chi connectivity index (χ4n) is 2.30. The van der Waals surface area contributed by atoms with Crippen LogP contribution in [-0.2, 0) is 4.79 Å². The standard InChI is InChI=1S/C19H16FN3O3S/c1-11-17(27-19(22-11)12-2-4-13(20)5-3-12)18(25)23-14-6-8-15(9-7-14)26-10-16(21)24/h2-9H,10H2,1H3,(H2,21,24)(H,23,25). The first-order valence-electron chi connectivity index (χ1n) is 7.98. The largest absolute Gasteiger partial charge is 0.484 e. The zero-order valence-corrected chi connectivity index (χ0v) is 15.2. The lowest BCUT2D eigenvalue weighted by atomic mass is 10.2. The predicted molar refractivity (Wildman–Crippen MR) is 101 cm³/mol. The second-order valence-electron chi connectivity index (χ2n) is 5.67. The number of nitrogens with zero attached hydrogens (tertiary/aromatic N) is 1. The van der Waals surface area contributed by atoms with Gasteiger partial charge in [0.2, 0.25) is 0 Å². The molecule has 0 fully saturated rings. The number of thiazole rings is 1. The Labute approximate surface area is 158 Å². The van der Waals surface area contributed by atoms with Crippen LogP contribution in [0, 0.1) is 12.7 Å². The van der Waals surface area contributed by atoms with E-state index in [4.69, 9.17) is 10.5 Å². The summed E-state index contributed by atoms with van der Waals surface area (Å²) in [5.41, 5.74) is 6.94. The Bertz CT molecular complexity index is 969. The van der Waals surface area contributed by atoms with E-state index < -0.39 is 5.91 Å². The molecule has 0 saturated carbocycles. The maximum atomic E-state index is 13.1. The normalized spacial score (nSPS) is 10.4. The van der Waals surface area contributed by atoms with E-state index in [2.05, 4.69) is 10.3 Å². The third-order valence-electron chi connectivity index (χ3n) is 3.59. The van der Waals surface area contributed by atoms with E-state index in [-0.39, 0.29) is 18.3 Å². The van der Waals surface area contributed by atoms with Gasteiger partial charge in [-0.25, -0.2) is 9.37 Å². The Kier molecular flexibility index (Phi) is 5.46. The Balaban J connectivity index is 1.71. The number of primary amides is 1. The first kappa shape index (κ1) is 18.5. The Morgan fingerprint density at radius 3 is 2.44 bits per heavy atom. The fourth-order valence-corrected chi connectivity index (χ4v) is 3.27. The summed E-state index contributed by atoms with van der Waals surface area (Å²) in [4.78, 5) is 28.1. The molecule has 3 N–H and O–H groups in total. The number of anilines is 1. The van der Waals surface area contributed by atoms with Gasteiger partial charge in [0, 0.05) is 11.3 Å². The van der Waals surface area contributed by atoms with Crippen molar-refractivity contribution in [2.75, 3.05) is 11.9 Å². The molecule has 0 aliphatic heterocycles. The summed E-state index contributed by atoms with van der Waals surface area (Å²) in [6, 6.07) is 12.5. The summed E-state index contributed by atoms with van der Waals surface area (Å²) in [6.07, 6.45) is 0. The van der Waals surface area contributed by atoms with E-state index in [0.717, 1.165) is 5.56 Å². The minimum absolute atomic E-state index is 0.210. The molecule has 1 heterocycles. The van der Waals surface area contributed by atoms with Crippen molar-refractivity contribution in [2.45, 2.75) is 6.92 Å². The number of carbonyl (C=O) groups is 2. The molecule has 0 bridgehead atoms. The van der Waals surface area contributed by atoms with Gasteiger partial charge in [0.15, 0.2) is 6.61 Å². The van der Waals surface area contributed by atoms with Gasteiger partial charge >= 0.3 is 0 Å². The predicted octanol–water partition coefficient (Wildman–Crippen LogP) is 3.37. The van der Waals surface area contributed by atoms with Crippen molar-refractivity contribution in [3.05, 3.63) is 64.9 Å². The maximum absolute atomic E-state index is 13.1. The SMILES string of the molecule is Cc1nc(-c2ccc(F)cc2)sc1C(=O)Nc1ccc(OCC(N)=O)cc1. The first-order valence-corrected chi connectivity index (χ1v) is 8.80. The van der Waals surface area contributed by atoms with Crippen LogP contribution in [0.25, 0.3) is 10.6 Å². The second-order valence-corrected chi connectivity index (χ2v) is 6.67. The van der Waals surface area contributed by atoms with Gasteiger partial charge in [-0.15, -0.1) is 11.3 Å². The molecule has 0 radical (unpaired) electrons. The zero-order chi connectivity index (χ0) is 19.4. The third kappa shape index (κ3) is 4.68. The smallest absolute Gasteiger partial charge is 0.267 e. The maximum Gasteiger partial charge on any atom is 0.267 e. The lowest BCUT2D eigenvalue weighted by Gasteiger charge is -2.06. The third-order valence-corrected chi connectivity index (χ3v) is 4.79. The van der Waals surface area contributed by atoms with E-state index in [0.29, 0.717) is 27.0 Å². The quantitative estimate of drug-likeness (QED) is 0.680. The van der Waals surface area contributed by atoms with Crippen LogP contribution in [0.1, 0.15) is 15.4 Å². The average Bonchev–Trinajstić information content (AvgIpc) is 3.03. The van der Waals surface area contributed by atoms with Crippen LogP contribution in [0.15, 0.2) is 48.5 Å². The number of nitrogens with two attached hydrogens (primary N) is 1. The molecule has 2 aromatic carbocycles. The number of nitrogens with one attached hydrogen (secondary N) is 1. The van der Waals surface area contributed by atoms with E-state index in [1.165, 1.54) is 23.5 Å². The van der Waals surface area contributed by atoms with Crippen molar-refractivity contribution in [3.8, 4) is 16.3 Å². The topological polar surface area (TPSA) is 94.3 Å². The summed E-state index contributed by atoms with van der Waals surface area (Å²) in [7, 11) is 0. The lowest BCUT2D eigenvalue weighted by Crippen LogP contribution is -2.20. The number of aromatic nitrogens is 1. The van der Waals surface area contributed by atoms with Gasteiger partial charge in [0.1, 0.15) is 21.5 Å². The molecule has 3 aromatic rings. The van der Waals surface area contributed by atoms with Crippen LogP contribution in [0.4, 0.5) is 10.1 Å². The van der Waals surface area contributed by atoms with Crippen molar-refractivity contribution >= 4 is 28.8 Å². The number of halogens is 1. The molecule has 8 heteroatoms. The number of benzene rings is 2. The van der Waals surface area contributed by atoms with E-state index in [1.807, 2.05) is 0 Å². The average molecular weight is 385 g/mol. The van der Waals surface area contributed by atoms with E-state index >= 15 is 0 Å². The van der Waals surface area contributed by atoms with Gasteiger partial charge in [0.05, 0.1) is 5.69 Å². The number of aryl methyl sites for hydroxylation is 1. The molecule has 3 rings (SSSR count). The molecular formula is C19H16FN3O3S. The summed E-state index contributed by atoms with van der Waals surface area (Å²) < 4.78 is 18.2. The molecule has 27 heavy (non-hydrogen) atoms. The number of hydrogen-bond donors (Lipinski definition) is 2. The fraction of sp³-hybridized carbons (Fsp3) is 0.105. The highest BCUT2D eigenvalue weighted by atomic mass is 32.1. The zero-order valence-electron chi connectivity index (χ0n) is 14.4. The van der Waals surface area contributed by atoms with Crippen molar-refractivity contribution in [3.63, 3.8) is 0 Å². The highest BCUT2D eigenvalue weighted by Crippen LogP contribution is 2.29. The molecule has 0 spiro atoms. The van der Waals surface area contributed by atoms with Gasteiger partial charge in [-0.2, -0.15) is 0 Å². The van der Waals surface area contributed by atoms with Crippen LogP contribution in [0.3, 0.4) is 0 Å². The molecule has 1 aromatic heterocycles. The van der Waals surface area contributed by atoms with Crippen molar-refractivity contribution in [1.82, 2.24) is 4.98 Å². The van der Waals surface area contributed by atoms with Crippen LogP contribution >= 0.6 is 11.3 Å². The summed E-state index contributed by atoms with van der Waals surface area (Å²) in [5, 5.41) is 3.44. The van der Waals surface area contributed by atoms with Gasteiger partial charge < -0.3 is 15.8 Å². The van der Waals surface area contributed by atoms with Gasteiger partial charge in [-0.3, -0.25) is 9.59 Å². The Morgan fingerprint density at radius 2 is 1.81 bits per heavy atom. The molecule has 138 valence electrons. The molecule has 0 saturated heterocycles. The second kappa shape index (κ2) is 7.96. The highest BCUT2D eigenvalue weighted by molar-refractivity contribution is 7.17. The van der Waals surface area contributed by atoms with Crippen LogP contribution in [0.2, 0.25) is 0 Å². The highest BCUT2D eigenvalue weighted by Gasteiger charge is 2.16. The van der Waals surface area contributed by atoms with Crippen molar-refractivity contribution in [1.29, 1.82) is 0 Å². The van der Waals surface area contributed by atoms with Gasteiger partial charge in [-0.1, -0.05) is 0 Å². The number of rotatable bonds is 6. The van der Waals surface area contributed by atoms with E-state index in [9.17, 15) is 14.0 Å².